The first-order chi connectivity index (χ1) is 29.6. The first-order valence-corrected chi connectivity index (χ1v) is 24.8. The van der Waals surface area contributed by atoms with Crippen molar-refractivity contribution in [2.24, 2.45) is 5.41 Å². The molecule has 5 rings (SSSR count). The Morgan fingerprint density at radius 3 is 2.48 bits per heavy atom. The largest absolute Gasteiger partial charge is 0.481 e. The molecule has 30 heteroatoms. The molecule has 0 saturated carbocycles. The van der Waals surface area contributed by atoms with Crippen LogP contribution in [0.4, 0.5) is 5.82 Å². The smallest absolute Gasteiger partial charge is 0.386 e. The van der Waals surface area contributed by atoms with Crippen LogP contribution in [0.5, 0.6) is 0 Å². The summed E-state index contributed by atoms with van der Waals surface area (Å²) in [5, 5.41) is 29.5. The molecule has 3 unspecified atom stereocenters. The van der Waals surface area contributed by atoms with Gasteiger partial charge in [-0.15, -0.1) is 0 Å². The minimum Gasteiger partial charge on any atom is -0.386 e. The van der Waals surface area contributed by atoms with Crippen LogP contribution in [0.15, 0.2) is 31.0 Å². The number of ether oxygens (including phenoxy) is 1. The number of H-pyrrole nitrogens is 1. The molecular weight excluding hydrogens is 919 g/mol. The van der Waals surface area contributed by atoms with E-state index in [0.29, 0.717) is 12.3 Å². The molecule has 350 valence electrons. The number of anilines is 1. The predicted octanol–water partition coefficient (Wildman–Crippen LogP) is -0.520. The highest BCUT2D eigenvalue weighted by molar-refractivity contribution is 7.99. The van der Waals surface area contributed by atoms with Crippen LogP contribution in [0.3, 0.4) is 0 Å². The van der Waals surface area contributed by atoms with Crippen molar-refractivity contribution in [3.8, 4) is 0 Å². The van der Waals surface area contributed by atoms with E-state index in [9.17, 15) is 57.9 Å². The van der Waals surface area contributed by atoms with Crippen molar-refractivity contribution >= 4 is 69.9 Å². The number of rotatable bonds is 24. The van der Waals surface area contributed by atoms with E-state index < -0.39 is 84.6 Å². The van der Waals surface area contributed by atoms with Gasteiger partial charge in [0.2, 0.25) is 17.7 Å². The van der Waals surface area contributed by atoms with Crippen molar-refractivity contribution < 1.29 is 80.5 Å². The third-order valence-electron chi connectivity index (χ3n) is 9.58. The second kappa shape index (κ2) is 21.6. The Hall–Kier alpha value is -3.62. The summed E-state index contributed by atoms with van der Waals surface area (Å²) >= 11 is 1.34. The summed E-state index contributed by atoms with van der Waals surface area (Å²) in [7, 11) is -16.4. The predicted molar refractivity (Wildman–Crippen MR) is 221 cm³/mol. The highest BCUT2D eigenvalue weighted by atomic mass is 32.2. The summed E-state index contributed by atoms with van der Waals surface area (Å²) < 4.78 is 62.3. The number of imidazole rings is 1. The number of fused-ring (bicyclic) bond motifs is 2. The third kappa shape index (κ3) is 14.4. The highest BCUT2D eigenvalue weighted by Gasteiger charge is 2.50. The quantitative estimate of drug-likeness (QED) is 0.0306. The Morgan fingerprint density at radius 1 is 1.02 bits per heavy atom. The van der Waals surface area contributed by atoms with Crippen LogP contribution in [0.2, 0.25) is 0 Å². The van der Waals surface area contributed by atoms with E-state index in [1.165, 1.54) is 42.4 Å². The Bertz CT molecular complexity index is 2270. The number of aromatic nitrogens is 5. The van der Waals surface area contributed by atoms with Crippen LogP contribution >= 0.6 is 35.2 Å². The van der Waals surface area contributed by atoms with Crippen molar-refractivity contribution in [1.29, 1.82) is 0 Å². The number of aliphatic hydroxyl groups excluding tert-OH is 2. The lowest BCUT2D eigenvalue weighted by Gasteiger charge is -2.30. The van der Waals surface area contributed by atoms with E-state index in [4.69, 9.17) is 19.5 Å². The second-order valence-corrected chi connectivity index (χ2v) is 20.2. The topological polar surface area (TPSA) is 391 Å². The molecular formula is C33H50N9O17P3S. The van der Waals surface area contributed by atoms with Gasteiger partial charge in [-0.1, -0.05) is 26.0 Å². The lowest BCUT2D eigenvalue weighted by Crippen LogP contribution is -2.46. The lowest BCUT2D eigenvalue weighted by molar-refractivity contribution is -0.137. The zero-order valence-corrected chi connectivity index (χ0v) is 37.3. The number of hydrogen-bond donors (Lipinski definition) is 11. The van der Waals surface area contributed by atoms with Crippen molar-refractivity contribution in [2.75, 3.05) is 50.1 Å². The zero-order valence-electron chi connectivity index (χ0n) is 33.8. The van der Waals surface area contributed by atoms with Crippen LogP contribution in [0, 0.1) is 5.41 Å². The summed E-state index contributed by atoms with van der Waals surface area (Å²) in [5.41, 5.74) is 7.95. The van der Waals surface area contributed by atoms with Crippen LogP contribution in [-0.4, -0.2) is 141 Å². The number of thioether (sulfide) groups is 1. The van der Waals surface area contributed by atoms with E-state index in [0.717, 1.165) is 36.5 Å². The first kappa shape index (κ1) is 50.4. The highest BCUT2D eigenvalue weighted by Crippen LogP contribution is 2.61. The summed E-state index contributed by atoms with van der Waals surface area (Å²) in [5.74, 6) is -0.881. The van der Waals surface area contributed by atoms with Crippen LogP contribution < -0.4 is 21.7 Å². The number of hydrogen-bond acceptors (Lipinski definition) is 18. The molecule has 7 atom stereocenters. The van der Waals surface area contributed by atoms with Gasteiger partial charge in [0.15, 0.2) is 17.7 Å². The number of aromatic amines is 1. The maximum atomic E-state index is 12.7. The molecule has 3 aromatic heterocycles. The average Bonchev–Trinajstić information content (AvgIpc) is 3.91. The molecule has 1 saturated heterocycles. The minimum atomic E-state index is -5.58. The minimum absolute atomic E-state index is 0.0301. The molecule has 0 aromatic carbocycles. The summed E-state index contributed by atoms with van der Waals surface area (Å²) in [6, 6.07) is 0. The van der Waals surface area contributed by atoms with Crippen molar-refractivity contribution in [1.82, 2.24) is 40.5 Å². The first-order valence-electron chi connectivity index (χ1n) is 19.1. The molecule has 0 spiro atoms. The molecule has 63 heavy (non-hydrogen) atoms. The molecule has 4 heterocycles. The number of nitrogens with two attached hydrogens (primary N) is 1. The lowest BCUT2D eigenvalue weighted by atomic mass is 9.87. The number of nitrogens with one attached hydrogen (secondary N) is 4. The fourth-order valence-electron chi connectivity index (χ4n) is 6.36. The van der Waals surface area contributed by atoms with Gasteiger partial charge >= 0.3 is 23.5 Å². The van der Waals surface area contributed by atoms with E-state index in [-0.39, 0.29) is 48.2 Å². The number of phosphoric acid groups is 3. The number of phosphoric ester groups is 3. The molecule has 26 nitrogen and oxygen atoms in total. The Kier molecular flexibility index (Phi) is 17.3. The second-order valence-electron chi connectivity index (χ2n) is 14.9. The van der Waals surface area contributed by atoms with Crippen molar-refractivity contribution in [3.63, 3.8) is 0 Å². The molecule has 0 radical (unpaired) electrons. The SMILES string of the molecule is CC(C)(COP(=O)(O)OP(=O)(O)OC[C@H]1OC(n2cnc3c(N)ncnc32)[C@@H](O)[C@@H]1OP(=O)(O)O)[C@@H](O)C(=O)NCCC(=O)NCCSCC(=O)NCCc1c[nH]c2c1CC=CC2. The van der Waals surface area contributed by atoms with Crippen molar-refractivity contribution in [3.05, 3.63) is 47.8 Å². The van der Waals surface area contributed by atoms with Gasteiger partial charge in [-0.05, 0) is 24.0 Å². The fraction of sp³-hybridized carbons (Fsp3) is 0.576. The van der Waals surface area contributed by atoms with E-state index in [1.54, 1.807) is 0 Å². The van der Waals surface area contributed by atoms with Gasteiger partial charge in [-0.25, -0.2) is 28.6 Å². The Balaban J connectivity index is 0.985. The van der Waals surface area contributed by atoms with Gasteiger partial charge in [0.05, 0.1) is 25.3 Å². The van der Waals surface area contributed by atoms with E-state index in [1.807, 2.05) is 6.20 Å². The molecule has 0 bridgehead atoms. The summed E-state index contributed by atoms with van der Waals surface area (Å²) in [4.78, 5) is 91.5. The maximum absolute atomic E-state index is 12.7. The Morgan fingerprint density at radius 2 is 1.73 bits per heavy atom. The van der Waals surface area contributed by atoms with Gasteiger partial charge in [0.1, 0.15) is 36.3 Å². The number of aliphatic hydroxyl groups is 2. The number of carbonyl (C=O) groups excluding carboxylic acids is 3. The monoisotopic (exact) mass is 969 g/mol. The van der Waals surface area contributed by atoms with Gasteiger partial charge in [0, 0.05) is 55.5 Å². The molecule has 1 aliphatic carbocycles. The van der Waals surface area contributed by atoms with Gasteiger partial charge in [-0.3, -0.25) is 32.5 Å². The van der Waals surface area contributed by atoms with E-state index in [2.05, 4.69) is 56.9 Å². The van der Waals surface area contributed by atoms with Crippen LogP contribution in [-0.2, 0) is 70.0 Å². The average molecular weight is 970 g/mol. The molecule has 12 N–H and O–H groups in total. The van der Waals surface area contributed by atoms with Crippen molar-refractivity contribution in [2.45, 2.75) is 70.2 Å². The van der Waals surface area contributed by atoms with Gasteiger partial charge in [0.25, 0.3) is 0 Å². The standard InChI is InChI=1S/C33H50N9O17P3S/c1-33(2,28(46)31(47)37-10-8-23(43)36-11-12-63-15-24(44)35-9-7-19-13-38-21-6-4-3-5-20(19)21)16-56-62(53,54)59-61(51,52)55-14-22-27(58-60(48,49)50)26(45)32(57-22)42-18-41-25-29(34)39-17-40-30(25)42/h3-4,13,17-18,22,26-28,32,38,45-46H,5-12,14-16H2,1-2H3,(H,35,44)(H,36,43)(H,37,47)(H,51,52)(H,53,54)(H2,34,39,40)(H2,48,49,50)/t22-,26+,27-,28+,32?/m1/s1. The molecule has 1 fully saturated rings. The molecule has 3 amide bonds. The third-order valence-corrected chi connectivity index (χ3v) is 13.6. The number of nitrogens with zero attached hydrogens (tertiary/aromatic N) is 4. The van der Waals surface area contributed by atoms with E-state index >= 15 is 0 Å². The summed E-state index contributed by atoms with van der Waals surface area (Å²) in [6.45, 7) is 1.07. The number of nitrogen functional groups attached to an aromatic ring is 1. The maximum Gasteiger partial charge on any atom is 0.481 e. The number of carbonyl (C=O) groups is 3. The normalized spacial score (nSPS) is 21.3. The zero-order chi connectivity index (χ0) is 46.2. The van der Waals surface area contributed by atoms with Gasteiger partial charge in [-0.2, -0.15) is 16.1 Å². The molecule has 1 aliphatic heterocycles. The fourth-order valence-corrected chi connectivity index (χ4v) is 9.87. The van der Waals surface area contributed by atoms with Crippen LogP contribution in [0.1, 0.15) is 43.3 Å². The molecule has 2 aliphatic rings. The van der Waals surface area contributed by atoms with Crippen LogP contribution in [0.25, 0.3) is 11.2 Å². The Labute approximate surface area is 363 Å². The number of amides is 3. The summed E-state index contributed by atoms with van der Waals surface area (Å²) in [6.07, 6.45) is 1.80. The van der Waals surface area contributed by atoms with Gasteiger partial charge < -0.3 is 61.2 Å². The number of allylic oxidation sites excluding steroid dienone is 2. The molecule has 3 aromatic rings.